The molecule has 1 unspecified atom stereocenters. The van der Waals surface area contributed by atoms with E-state index in [0.717, 1.165) is 5.56 Å². The average molecular weight is 163 g/mol. The number of aliphatic hydroxyl groups is 1. The molecule has 0 saturated heterocycles. The zero-order chi connectivity index (χ0) is 9.19. The minimum atomic E-state index is -0.432. The molecule has 0 bridgehead atoms. The Morgan fingerprint density at radius 1 is 1.33 bits per heavy atom. The maximum Gasteiger partial charge on any atom is 0.0844 e. The zero-order valence-corrected chi connectivity index (χ0v) is 7.83. The normalized spacial score (nSPS) is 14.3. The van der Waals surface area contributed by atoms with Crippen LogP contribution in [0.2, 0.25) is 0 Å². The Morgan fingerprint density at radius 3 is 2.42 bits per heavy atom. The van der Waals surface area contributed by atoms with E-state index in [1.165, 1.54) is 0 Å². The first-order valence-electron chi connectivity index (χ1n) is 4.16. The molecular formula is C11H15O. The van der Waals surface area contributed by atoms with Crippen LogP contribution in [-0.2, 0) is 0 Å². The van der Waals surface area contributed by atoms with E-state index in [2.05, 4.69) is 6.07 Å². The van der Waals surface area contributed by atoms with Crippen molar-refractivity contribution in [2.45, 2.75) is 26.9 Å². The molecule has 1 aromatic rings. The van der Waals surface area contributed by atoms with E-state index in [9.17, 15) is 5.11 Å². The van der Waals surface area contributed by atoms with Gasteiger partial charge in [-0.15, -0.1) is 0 Å². The molecule has 0 aliphatic carbocycles. The maximum atomic E-state index is 9.83. The average Bonchev–Trinajstić information content (AvgIpc) is 2.03. The van der Waals surface area contributed by atoms with Gasteiger partial charge in [0.1, 0.15) is 0 Å². The number of aliphatic hydroxyl groups excluding tert-OH is 1. The molecule has 1 aromatic carbocycles. The third kappa shape index (κ3) is 2.08. The number of hydrogen-bond acceptors (Lipinski definition) is 1. The Balaban J connectivity index is 2.86. The first-order valence-corrected chi connectivity index (χ1v) is 4.16. The van der Waals surface area contributed by atoms with Gasteiger partial charge in [0, 0.05) is 0 Å². The first kappa shape index (κ1) is 9.27. The Kier molecular flexibility index (Phi) is 2.53. The van der Waals surface area contributed by atoms with E-state index < -0.39 is 6.10 Å². The van der Waals surface area contributed by atoms with Crippen LogP contribution in [0.5, 0.6) is 0 Å². The van der Waals surface area contributed by atoms with Crippen LogP contribution in [0, 0.1) is 11.5 Å². The van der Waals surface area contributed by atoms with E-state index in [4.69, 9.17) is 0 Å². The minimum Gasteiger partial charge on any atom is -0.388 e. The summed E-state index contributed by atoms with van der Waals surface area (Å²) in [5, 5.41) is 9.83. The highest BCUT2D eigenvalue weighted by atomic mass is 16.3. The van der Waals surface area contributed by atoms with Crippen molar-refractivity contribution < 1.29 is 5.11 Å². The molecule has 0 aromatic heterocycles. The lowest BCUT2D eigenvalue weighted by molar-refractivity contribution is 0.0624. The molecule has 1 N–H and O–H groups in total. The topological polar surface area (TPSA) is 20.2 Å². The highest BCUT2D eigenvalue weighted by molar-refractivity contribution is 5.17. The number of benzene rings is 1. The van der Waals surface area contributed by atoms with E-state index in [-0.39, 0.29) is 5.41 Å². The molecule has 0 aliphatic rings. The molecule has 12 heavy (non-hydrogen) atoms. The standard InChI is InChI=1S/C11H15O/c1-11(2,3)10(12)9-7-5-4-6-8-9/h4-7,10,12H,1-3H3. The molecule has 0 heterocycles. The molecule has 1 rings (SSSR count). The van der Waals surface area contributed by atoms with Crippen LogP contribution in [0.1, 0.15) is 32.4 Å². The third-order valence-electron chi connectivity index (χ3n) is 1.85. The zero-order valence-electron chi connectivity index (χ0n) is 7.83. The molecule has 65 valence electrons. The lowest BCUT2D eigenvalue weighted by Crippen LogP contribution is -2.17. The van der Waals surface area contributed by atoms with Crippen LogP contribution < -0.4 is 0 Å². The quantitative estimate of drug-likeness (QED) is 0.674. The summed E-state index contributed by atoms with van der Waals surface area (Å²) in [5.74, 6) is 0. The summed E-state index contributed by atoms with van der Waals surface area (Å²) < 4.78 is 0. The molecule has 1 nitrogen and oxygen atoms in total. The molecule has 1 heteroatoms. The predicted octanol–water partition coefficient (Wildman–Crippen LogP) is 2.57. The van der Waals surface area contributed by atoms with E-state index in [1.54, 1.807) is 0 Å². The van der Waals surface area contributed by atoms with Gasteiger partial charge in [0.2, 0.25) is 0 Å². The van der Waals surface area contributed by atoms with Gasteiger partial charge in [-0.2, -0.15) is 0 Å². The Labute approximate surface area is 74.1 Å². The summed E-state index contributed by atoms with van der Waals surface area (Å²) in [7, 11) is 0. The highest BCUT2D eigenvalue weighted by Gasteiger charge is 2.23. The summed E-state index contributed by atoms with van der Waals surface area (Å²) in [5.41, 5.74) is 0.753. The summed E-state index contributed by atoms with van der Waals surface area (Å²) in [6.45, 7) is 6.04. The van der Waals surface area contributed by atoms with E-state index >= 15 is 0 Å². The first-order chi connectivity index (χ1) is 5.52. The molecule has 1 atom stereocenters. The smallest absolute Gasteiger partial charge is 0.0844 e. The largest absolute Gasteiger partial charge is 0.388 e. The van der Waals surface area contributed by atoms with Gasteiger partial charge < -0.3 is 5.11 Å². The van der Waals surface area contributed by atoms with Gasteiger partial charge >= 0.3 is 0 Å². The summed E-state index contributed by atoms with van der Waals surface area (Å²) in [6, 6.07) is 10.6. The second kappa shape index (κ2) is 3.28. The van der Waals surface area contributed by atoms with Crippen molar-refractivity contribution in [2.75, 3.05) is 0 Å². The number of rotatable bonds is 1. The number of hydrogen-bond donors (Lipinski definition) is 1. The van der Waals surface area contributed by atoms with Crippen LogP contribution in [0.3, 0.4) is 0 Å². The fraction of sp³-hybridized carbons (Fsp3) is 0.455. The van der Waals surface area contributed by atoms with Crippen molar-refractivity contribution in [3.05, 3.63) is 35.9 Å². The van der Waals surface area contributed by atoms with Gasteiger partial charge in [0.25, 0.3) is 0 Å². The maximum absolute atomic E-state index is 9.83. The Hall–Kier alpha value is -0.820. The summed E-state index contributed by atoms with van der Waals surface area (Å²) in [6.07, 6.45) is -0.432. The monoisotopic (exact) mass is 163 g/mol. The van der Waals surface area contributed by atoms with Gasteiger partial charge in [0.05, 0.1) is 6.10 Å². The van der Waals surface area contributed by atoms with Crippen LogP contribution in [0.15, 0.2) is 24.3 Å². The molecule has 1 radical (unpaired) electrons. The van der Waals surface area contributed by atoms with Crippen LogP contribution >= 0.6 is 0 Å². The minimum absolute atomic E-state index is 0.113. The molecule has 0 fully saturated rings. The predicted molar refractivity (Wildman–Crippen MR) is 49.7 cm³/mol. The lowest BCUT2D eigenvalue weighted by Gasteiger charge is -2.25. The Morgan fingerprint density at radius 2 is 2.00 bits per heavy atom. The molecule has 0 amide bonds. The molecule has 0 aliphatic heterocycles. The van der Waals surface area contributed by atoms with Gasteiger partial charge in [-0.25, -0.2) is 0 Å². The molecule has 0 spiro atoms. The van der Waals surface area contributed by atoms with Crippen LogP contribution in [0.4, 0.5) is 0 Å². The van der Waals surface area contributed by atoms with Gasteiger partial charge in [0.15, 0.2) is 0 Å². The van der Waals surface area contributed by atoms with Crippen molar-refractivity contribution in [3.63, 3.8) is 0 Å². The Bertz CT molecular complexity index is 233. The van der Waals surface area contributed by atoms with Crippen molar-refractivity contribution >= 4 is 0 Å². The third-order valence-corrected chi connectivity index (χ3v) is 1.85. The van der Waals surface area contributed by atoms with Gasteiger partial charge in [-0.05, 0) is 17.0 Å². The fourth-order valence-electron chi connectivity index (χ4n) is 1.04. The van der Waals surface area contributed by atoms with Crippen molar-refractivity contribution in [1.29, 1.82) is 0 Å². The molecular weight excluding hydrogens is 148 g/mol. The van der Waals surface area contributed by atoms with Gasteiger partial charge in [-0.1, -0.05) is 45.0 Å². The second-order valence-electron chi connectivity index (χ2n) is 4.09. The van der Waals surface area contributed by atoms with E-state index in [0.29, 0.717) is 0 Å². The van der Waals surface area contributed by atoms with E-state index in [1.807, 2.05) is 45.0 Å². The van der Waals surface area contributed by atoms with Gasteiger partial charge in [-0.3, -0.25) is 0 Å². The fourth-order valence-corrected chi connectivity index (χ4v) is 1.04. The SMILES string of the molecule is CC(C)(C)C(O)c1[c]cccc1. The van der Waals surface area contributed by atoms with Crippen LogP contribution in [-0.4, -0.2) is 5.11 Å². The van der Waals surface area contributed by atoms with Crippen molar-refractivity contribution in [1.82, 2.24) is 0 Å². The summed E-state index contributed by atoms with van der Waals surface area (Å²) in [4.78, 5) is 0. The van der Waals surface area contributed by atoms with Crippen molar-refractivity contribution in [2.24, 2.45) is 5.41 Å². The van der Waals surface area contributed by atoms with Crippen LogP contribution in [0.25, 0.3) is 0 Å². The lowest BCUT2D eigenvalue weighted by atomic mass is 9.85. The second-order valence-corrected chi connectivity index (χ2v) is 4.09. The van der Waals surface area contributed by atoms with Crippen molar-refractivity contribution in [3.8, 4) is 0 Å². The summed E-state index contributed by atoms with van der Waals surface area (Å²) >= 11 is 0. The highest BCUT2D eigenvalue weighted by Crippen LogP contribution is 2.31. The molecule has 0 saturated carbocycles.